The second kappa shape index (κ2) is 5.31. The molecule has 0 saturated heterocycles. The lowest BCUT2D eigenvalue weighted by Crippen LogP contribution is -2.33. The predicted octanol–water partition coefficient (Wildman–Crippen LogP) is 4.17. The summed E-state index contributed by atoms with van der Waals surface area (Å²) in [7, 11) is 0. The summed E-state index contributed by atoms with van der Waals surface area (Å²) in [6.07, 6.45) is 2.65. The number of carbonyl (C=O) groups is 1. The van der Waals surface area contributed by atoms with Crippen molar-refractivity contribution in [3.05, 3.63) is 28.8 Å². The Kier molecular flexibility index (Phi) is 3.96. The van der Waals surface area contributed by atoms with E-state index < -0.39 is 0 Å². The van der Waals surface area contributed by atoms with Crippen LogP contribution in [0.25, 0.3) is 0 Å². The second-order valence-corrected chi connectivity index (χ2v) is 5.82. The average Bonchev–Trinajstić information content (AvgIpc) is 3.09. The molecule has 0 atom stereocenters. The van der Waals surface area contributed by atoms with Crippen molar-refractivity contribution < 1.29 is 4.79 Å². The van der Waals surface area contributed by atoms with Crippen LogP contribution in [0.3, 0.4) is 0 Å². The quantitative estimate of drug-likeness (QED) is 0.745. The Morgan fingerprint density at radius 3 is 2.56 bits per heavy atom. The van der Waals surface area contributed by atoms with E-state index in [1.807, 2.05) is 12.1 Å². The topological polar surface area (TPSA) is 20.3 Å². The fraction of sp³-hybridized carbons (Fsp3) is 0.533. The monoisotopic (exact) mass is 265 g/mol. The van der Waals surface area contributed by atoms with E-state index in [9.17, 15) is 4.79 Å². The SMILES string of the molecule is CC(=O)c1ccc(N(CC2CC2)C(C)C)c(Cl)c1. The van der Waals surface area contributed by atoms with E-state index in [1.165, 1.54) is 12.8 Å². The molecule has 2 rings (SSSR count). The van der Waals surface area contributed by atoms with Crippen molar-refractivity contribution >= 4 is 23.1 Å². The molecule has 1 aliphatic rings. The fourth-order valence-electron chi connectivity index (χ4n) is 2.12. The minimum Gasteiger partial charge on any atom is -0.368 e. The number of benzene rings is 1. The standard InChI is InChI=1S/C15H20ClNO/c1-10(2)17(9-12-4-5-12)15-7-6-13(11(3)18)8-14(15)16/h6-8,10,12H,4-5,9H2,1-3H3. The number of nitrogens with zero attached hydrogens (tertiary/aromatic N) is 1. The van der Waals surface area contributed by atoms with E-state index in [0.29, 0.717) is 16.6 Å². The largest absolute Gasteiger partial charge is 0.368 e. The van der Waals surface area contributed by atoms with E-state index in [0.717, 1.165) is 18.2 Å². The molecule has 0 aromatic heterocycles. The Hall–Kier alpha value is -1.02. The van der Waals surface area contributed by atoms with Crippen molar-refractivity contribution in [1.29, 1.82) is 0 Å². The maximum Gasteiger partial charge on any atom is 0.159 e. The minimum absolute atomic E-state index is 0.0572. The summed E-state index contributed by atoms with van der Waals surface area (Å²) >= 11 is 6.32. The van der Waals surface area contributed by atoms with Crippen molar-refractivity contribution in [2.24, 2.45) is 5.92 Å². The molecule has 98 valence electrons. The van der Waals surface area contributed by atoms with Gasteiger partial charge in [-0.25, -0.2) is 0 Å². The van der Waals surface area contributed by atoms with Crippen LogP contribution >= 0.6 is 11.6 Å². The fourth-order valence-corrected chi connectivity index (χ4v) is 2.41. The van der Waals surface area contributed by atoms with Gasteiger partial charge in [-0.1, -0.05) is 11.6 Å². The molecule has 3 heteroatoms. The zero-order chi connectivity index (χ0) is 13.3. The maximum absolute atomic E-state index is 11.3. The van der Waals surface area contributed by atoms with Gasteiger partial charge in [0.15, 0.2) is 5.78 Å². The highest BCUT2D eigenvalue weighted by molar-refractivity contribution is 6.33. The summed E-state index contributed by atoms with van der Waals surface area (Å²) in [5, 5.41) is 0.678. The number of ketones is 1. The molecule has 1 saturated carbocycles. The summed E-state index contributed by atoms with van der Waals surface area (Å²) in [6.45, 7) is 6.99. The summed E-state index contributed by atoms with van der Waals surface area (Å²) in [4.78, 5) is 13.7. The molecular weight excluding hydrogens is 246 g/mol. The summed E-state index contributed by atoms with van der Waals surface area (Å²) in [6, 6.07) is 6.04. The average molecular weight is 266 g/mol. The molecule has 0 N–H and O–H groups in total. The number of anilines is 1. The lowest BCUT2D eigenvalue weighted by Gasteiger charge is -2.30. The molecule has 0 unspecified atom stereocenters. The van der Waals surface area contributed by atoms with Gasteiger partial charge in [-0.2, -0.15) is 0 Å². The summed E-state index contributed by atoms with van der Waals surface area (Å²) in [5.74, 6) is 0.873. The Labute approximate surface area is 114 Å². The molecule has 0 heterocycles. The number of rotatable bonds is 5. The number of hydrogen-bond donors (Lipinski definition) is 0. The molecule has 0 aliphatic heterocycles. The lowest BCUT2D eigenvalue weighted by atomic mass is 10.1. The van der Waals surface area contributed by atoms with E-state index in [-0.39, 0.29) is 5.78 Å². The molecule has 0 bridgehead atoms. The zero-order valence-electron chi connectivity index (χ0n) is 11.2. The van der Waals surface area contributed by atoms with Crippen LogP contribution in [-0.4, -0.2) is 18.4 Å². The lowest BCUT2D eigenvalue weighted by molar-refractivity contribution is 0.101. The molecule has 1 aromatic carbocycles. The Morgan fingerprint density at radius 2 is 2.11 bits per heavy atom. The van der Waals surface area contributed by atoms with Gasteiger partial charge in [-0.05, 0) is 57.7 Å². The van der Waals surface area contributed by atoms with Crippen molar-refractivity contribution in [2.45, 2.75) is 39.7 Å². The van der Waals surface area contributed by atoms with Crippen LogP contribution in [0.15, 0.2) is 18.2 Å². The van der Waals surface area contributed by atoms with Gasteiger partial charge in [-0.3, -0.25) is 4.79 Å². The first-order chi connectivity index (χ1) is 8.49. The third kappa shape index (κ3) is 3.05. The maximum atomic E-state index is 11.3. The number of Topliss-reactive ketones (excluding diaryl/α,β-unsaturated/α-hetero) is 1. The molecule has 2 nitrogen and oxygen atoms in total. The number of carbonyl (C=O) groups excluding carboxylic acids is 1. The third-order valence-corrected chi connectivity index (χ3v) is 3.74. The highest BCUT2D eigenvalue weighted by Crippen LogP contribution is 2.35. The van der Waals surface area contributed by atoms with Crippen LogP contribution < -0.4 is 4.90 Å². The summed E-state index contributed by atoms with van der Waals surface area (Å²) < 4.78 is 0. The highest BCUT2D eigenvalue weighted by Gasteiger charge is 2.26. The van der Waals surface area contributed by atoms with Crippen LogP contribution in [0, 0.1) is 5.92 Å². The predicted molar refractivity (Wildman–Crippen MR) is 76.7 cm³/mol. The number of hydrogen-bond acceptors (Lipinski definition) is 2. The van der Waals surface area contributed by atoms with E-state index in [2.05, 4.69) is 18.7 Å². The molecule has 0 spiro atoms. The van der Waals surface area contributed by atoms with Gasteiger partial charge >= 0.3 is 0 Å². The summed E-state index contributed by atoms with van der Waals surface area (Å²) in [5.41, 5.74) is 1.72. The third-order valence-electron chi connectivity index (χ3n) is 3.44. The van der Waals surface area contributed by atoms with Crippen LogP contribution in [0.1, 0.15) is 44.0 Å². The van der Waals surface area contributed by atoms with Gasteiger partial charge in [-0.15, -0.1) is 0 Å². The van der Waals surface area contributed by atoms with Crippen LogP contribution in [0.4, 0.5) is 5.69 Å². The van der Waals surface area contributed by atoms with E-state index >= 15 is 0 Å². The van der Waals surface area contributed by atoms with Crippen molar-refractivity contribution in [2.75, 3.05) is 11.4 Å². The number of halogens is 1. The first-order valence-corrected chi connectivity index (χ1v) is 6.94. The van der Waals surface area contributed by atoms with E-state index in [4.69, 9.17) is 11.6 Å². The molecule has 18 heavy (non-hydrogen) atoms. The Bertz CT molecular complexity index is 452. The first-order valence-electron chi connectivity index (χ1n) is 6.56. The molecule has 1 fully saturated rings. The van der Waals surface area contributed by atoms with Gasteiger partial charge in [0.1, 0.15) is 0 Å². The van der Waals surface area contributed by atoms with Crippen LogP contribution in [0.5, 0.6) is 0 Å². The Morgan fingerprint density at radius 1 is 1.44 bits per heavy atom. The van der Waals surface area contributed by atoms with Crippen LogP contribution in [0.2, 0.25) is 5.02 Å². The smallest absolute Gasteiger partial charge is 0.159 e. The minimum atomic E-state index is 0.0572. The Balaban J connectivity index is 2.26. The van der Waals surface area contributed by atoms with Crippen molar-refractivity contribution in [3.8, 4) is 0 Å². The highest BCUT2D eigenvalue weighted by atomic mass is 35.5. The van der Waals surface area contributed by atoms with Gasteiger partial charge in [0.25, 0.3) is 0 Å². The molecule has 1 aromatic rings. The van der Waals surface area contributed by atoms with Gasteiger partial charge < -0.3 is 4.90 Å². The normalized spacial score (nSPS) is 14.9. The van der Waals surface area contributed by atoms with Gasteiger partial charge in [0.05, 0.1) is 10.7 Å². The molecule has 0 radical (unpaired) electrons. The second-order valence-electron chi connectivity index (χ2n) is 5.41. The van der Waals surface area contributed by atoms with Crippen molar-refractivity contribution in [3.63, 3.8) is 0 Å². The van der Waals surface area contributed by atoms with Gasteiger partial charge in [0, 0.05) is 18.2 Å². The van der Waals surface area contributed by atoms with Crippen LogP contribution in [-0.2, 0) is 0 Å². The van der Waals surface area contributed by atoms with E-state index in [1.54, 1.807) is 13.0 Å². The van der Waals surface area contributed by atoms with Crippen molar-refractivity contribution in [1.82, 2.24) is 0 Å². The first kappa shape index (κ1) is 13.4. The molecule has 1 aliphatic carbocycles. The zero-order valence-corrected chi connectivity index (χ0v) is 12.0. The molecule has 0 amide bonds. The van der Waals surface area contributed by atoms with Gasteiger partial charge in [0.2, 0.25) is 0 Å². The molecular formula is C15H20ClNO.